The summed E-state index contributed by atoms with van der Waals surface area (Å²) in [4.78, 5) is 0. The lowest BCUT2D eigenvalue weighted by Gasteiger charge is -2.11. The molecular weight excluding hydrogens is 260 g/mol. The maximum atomic E-state index is 11.4. The summed E-state index contributed by atoms with van der Waals surface area (Å²) >= 11 is 0. The molecule has 2 N–H and O–H groups in total. The van der Waals surface area contributed by atoms with Gasteiger partial charge in [0.25, 0.3) is 15.2 Å². The fraction of sp³-hybridized carbons (Fsp3) is 0.778. The average Bonchev–Trinajstić information content (AvgIpc) is 2.93. The van der Waals surface area contributed by atoms with Gasteiger partial charge in [0.1, 0.15) is 5.82 Å². The number of aromatic nitrogens is 3. The average molecular weight is 276 g/mol. The summed E-state index contributed by atoms with van der Waals surface area (Å²) < 4.78 is 34.6. The number of primary sulfonamides is 1. The molecule has 0 radical (unpaired) electrons. The molecule has 0 amide bonds. The summed E-state index contributed by atoms with van der Waals surface area (Å²) in [5, 5.41) is 12.5. The normalized spacial score (nSPS) is 20.4. The summed E-state index contributed by atoms with van der Waals surface area (Å²) in [5.74, 6) is 0.651. The summed E-state index contributed by atoms with van der Waals surface area (Å²) in [7, 11) is -2.34. The van der Waals surface area contributed by atoms with Gasteiger partial charge in [-0.15, -0.1) is 10.2 Å². The van der Waals surface area contributed by atoms with E-state index in [0.717, 1.165) is 6.42 Å². The van der Waals surface area contributed by atoms with Gasteiger partial charge in [-0.05, 0) is 6.42 Å². The van der Waals surface area contributed by atoms with E-state index in [1.807, 2.05) is 0 Å². The number of nitrogens with zero attached hydrogens (tertiary/aromatic N) is 3. The number of nitrogens with two attached hydrogens (primary N) is 1. The highest BCUT2D eigenvalue weighted by Gasteiger charge is 2.28. The van der Waals surface area contributed by atoms with Crippen molar-refractivity contribution in [2.75, 3.05) is 26.9 Å². The molecule has 0 aliphatic carbocycles. The van der Waals surface area contributed by atoms with Crippen LogP contribution in [0.2, 0.25) is 0 Å². The molecule has 0 bridgehead atoms. The molecule has 1 saturated heterocycles. The quantitative estimate of drug-likeness (QED) is 0.744. The van der Waals surface area contributed by atoms with Crippen LogP contribution in [0.3, 0.4) is 0 Å². The van der Waals surface area contributed by atoms with E-state index in [1.165, 1.54) is 4.57 Å². The van der Waals surface area contributed by atoms with E-state index in [9.17, 15) is 8.42 Å². The molecule has 2 rings (SSSR count). The fourth-order valence-corrected chi connectivity index (χ4v) is 2.59. The van der Waals surface area contributed by atoms with Crippen LogP contribution in [-0.2, 0) is 26.0 Å². The maximum absolute atomic E-state index is 11.4. The second kappa shape index (κ2) is 5.31. The van der Waals surface area contributed by atoms with Gasteiger partial charge in [-0.25, -0.2) is 13.6 Å². The van der Waals surface area contributed by atoms with Crippen molar-refractivity contribution in [2.24, 2.45) is 5.14 Å². The first-order valence-corrected chi connectivity index (χ1v) is 7.11. The zero-order chi connectivity index (χ0) is 13.2. The third kappa shape index (κ3) is 2.69. The molecule has 18 heavy (non-hydrogen) atoms. The van der Waals surface area contributed by atoms with Crippen molar-refractivity contribution < 1.29 is 17.9 Å². The molecule has 1 aliphatic rings. The number of hydrogen-bond acceptors (Lipinski definition) is 6. The Labute approximate surface area is 105 Å². The lowest BCUT2D eigenvalue weighted by Crippen LogP contribution is -2.21. The van der Waals surface area contributed by atoms with E-state index in [-0.39, 0.29) is 11.1 Å². The van der Waals surface area contributed by atoms with E-state index in [2.05, 4.69) is 10.2 Å². The van der Waals surface area contributed by atoms with Gasteiger partial charge in [-0.3, -0.25) is 4.57 Å². The van der Waals surface area contributed by atoms with E-state index in [0.29, 0.717) is 32.2 Å². The van der Waals surface area contributed by atoms with Crippen LogP contribution in [0.1, 0.15) is 18.2 Å². The monoisotopic (exact) mass is 276 g/mol. The number of rotatable bonds is 5. The van der Waals surface area contributed by atoms with Gasteiger partial charge in [0, 0.05) is 26.2 Å². The van der Waals surface area contributed by atoms with Crippen molar-refractivity contribution >= 4 is 10.0 Å². The second-order valence-electron chi connectivity index (χ2n) is 4.09. The molecule has 1 unspecified atom stereocenters. The van der Waals surface area contributed by atoms with Gasteiger partial charge in [-0.2, -0.15) is 0 Å². The van der Waals surface area contributed by atoms with E-state index in [4.69, 9.17) is 14.6 Å². The number of sulfonamides is 1. The molecule has 0 spiro atoms. The Morgan fingerprint density at radius 3 is 2.89 bits per heavy atom. The molecule has 102 valence electrons. The van der Waals surface area contributed by atoms with Crippen molar-refractivity contribution in [2.45, 2.75) is 24.0 Å². The molecule has 8 nitrogen and oxygen atoms in total. The highest BCUT2D eigenvalue weighted by molar-refractivity contribution is 7.89. The zero-order valence-electron chi connectivity index (χ0n) is 10.1. The van der Waals surface area contributed by atoms with Crippen LogP contribution in [0.5, 0.6) is 0 Å². The Morgan fingerprint density at radius 1 is 1.56 bits per heavy atom. The van der Waals surface area contributed by atoms with Gasteiger partial charge >= 0.3 is 0 Å². The lowest BCUT2D eigenvalue weighted by molar-refractivity contribution is 0.180. The Hall–Kier alpha value is -1.03. The molecule has 1 aromatic rings. The largest absolute Gasteiger partial charge is 0.383 e. The number of ether oxygens (including phenoxy) is 2. The first kappa shape index (κ1) is 13.4. The van der Waals surface area contributed by atoms with Crippen LogP contribution in [-0.4, -0.2) is 50.1 Å². The Bertz CT molecular complexity index is 507. The van der Waals surface area contributed by atoms with Crippen molar-refractivity contribution in [3.63, 3.8) is 0 Å². The second-order valence-corrected chi connectivity index (χ2v) is 5.55. The molecule has 0 aromatic carbocycles. The summed E-state index contributed by atoms with van der Waals surface area (Å²) in [6, 6.07) is 0. The van der Waals surface area contributed by atoms with E-state index < -0.39 is 10.0 Å². The van der Waals surface area contributed by atoms with Crippen LogP contribution < -0.4 is 5.14 Å². The highest BCUT2D eigenvalue weighted by atomic mass is 32.2. The molecule has 0 saturated carbocycles. The molecular formula is C9H16N4O4S. The van der Waals surface area contributed by atoms with Crippen LogP contribution >= 0.6 is 0 Å². The van der Waals surface area contributed by atoms with Gasteiger partial charge in [0.15, 0.2) is 0 Å². The SMILES string of the molecule is COCCn1c(C2CCOC2)nnc1S(N)(=O)=O. The minimum Gasteiger partial charge on any atom is -0.383 e. The summed E-state index contributed by atoms with van der Waals surface area (Å²) in [6.45, 7) is 1.88. The van der Waals surface area contributed by atoms with Crippen LogP contribution in [0, 0.1) is 0 Å². The van der Waals surface area contributed by atoms with Crippen molar-refractivity contribution in [3.8, 4) is 0 Å². The third-order valence-electron chi connectivity index (χ3n) is 2.81. The number of hydrogen-bond donors (Lipinski definition) is 1. The summed E-state index contributed by atoms with van der Waals surface area (Å²) in [6.07, 6.45) is 0.801. The minimum atomic E-state index is -3.88. The standard InChI is InChI=1S/C9H16N4O4S/c1-16-5-3-13-8(7-2-4-17-6-7)11-12-9(13)18(10,14)15/h7H,2-6H2,1H3,(H2,10,14,15). The highest BCUT2D eigenvalue weighted by Crippen LogP contribution is 2.25. The maximum Gasteiger partial charge on any atom is 0.273 e. The Kier molecular flexibility index (Phi) is 3.95. The molecule has 9 heteroatoms. The third-order valence-corrected chi connectivity index (χ3v) is 3.62. The van der Waals surface area contributed by atoms with Gasteiger partial charge in [0.05, 0.1) is 13.2 Å². The van der Waals surface area contributed by atoms with Crippen LogP contribution in [0.4, 0.5) is 0 Å². The smallest absolute Gasteiger partial charge is 0.273 e. The lowest BCUT2D eigenvalue weighted by atomic mass is 10.1. The van der Waals surface area contributed by atoms with Crippen LogP contribution in [0.15, 0.2) is 5.16 Å². The van der Waals surface area contributed by atoms with E-state index >= 15 is 0 Å². The van der Waals surface area contributed by atoms with Crippen molar-refractivity contribution in [1.82, 2.24) is 14.8 Å². The topological polar surface area (TPSA) is 109 Å². The predicted molar refractivity (Wildman–Crippen MR) is 61.4 cm³/mol. The minimum absolute atomic E-state index is 0.0601. The predicted octanol–water partition coefficient (Wildman–Crippen LogP) is -0.924. The Morgan fingerprint density at radius 2 is 2.33 bits per heavy atom. The Balaban J connectivity index is 2.36. The molecule has 2 heterocycles. The van der Waals surface area contributed by atoms with Crippen LogP contribution in [0.25, 0.3) is 0 Å². The first-order chi connectivity index (χ1) is 8.54. The van der Waals surface area contributed by atoms with Crippen molar-refractivity contribution in [1.29, 1.82) is 0 Å². The molecule has 1 atom stereocenters. The zero-order valence-corrected chi connectivity index (χ0v) is 10.9. The fourth-order valence-electron chi connectivity index (χ4n) is 1.94. The summed E-state index contributed by atoms with van der Waals surface area (Å²) in [5.41, 5.74) is 0. The molecule has 1 fully saturated rings. The van der Waals surface area contributed by atoms with Gasteiger partial charge in [-0.1, -0.05) is 0 Å². The van der Waals surface area contributed by atoms with Gasteiger partial charge < -0.3 is 9.47 Å². The molecule has 1 aliphatic heterocycles. The number of methoxy groups -OCH3 is 1. The van der Waals surface area contributed by atoms with Gasteiger partial charge in [0.2, 0.25) is 0 Å². The van der Waals surface area contributed by atoms with E-state index in [1.54, 1.807) is 7.11 Å². The first-order valence-electron chi connectivity index (χ1n) is 5.56. The van der Waals surface area contributed by atoms with Crippen molar-refractivity contribution in [3.05, 3.63) is 5.82 Å². The molecule has 1 aromatic heterocycles.